The smallest absolute Gasteiger partial charge is 0.431 e. The highest BCUT2D eigenvalue weighted by Gasteiger charge is 2.38. The molecule has 0 amide bonds. The van der Waals surface area contributed by atoms with E-state index >= 15 is 0 Å². The maximum atomic E-state index is 14.0. The fraction of sp³-hybridized carbons (Fsp3) is 0.139. The van der Waals surface area contributed by atoms with E-state index in [1.54, 1.807) is 6.07 Å². The van der Waals surface area contributed by atoms with Gasteiger partial charge < -0.3 is 9.15 Å². The Kier molecular flexibility index (Phi) is 6.02. The molecule has 5 aromatic heterocycles. The molecular weight excluding hydrogens is 591 g/mol. The lowest BCUT2D eigenvalue weighted by Gasteiger charge is -2.21. The van der Waals surface area contributed by atoms with Gasteiger partial charge in [0.1, 0.15) is 11.3 Å². The third-order valence-corrected chi connectivity index (χ3v) is 8.09. The molecule has 0 N–H and O–H groups in total. The zero-order valence-corrected chi connectivity index (χ0v) is 25.0. The van der Waals surface area contributed by atoms with Crippen LogP contribution in [0.5, 0.6) is 11.8 Å². The van der Waals surface area contributed by atoms with Gasteiger partial charge >= 0.3 is 6.18 Å². The summed E-state index contributed by atoms with van der Waals surface area (Å²) in [4.78, 5) is 13.3. The molecule has 0 saturated heterocycles. The minimum atomic E-state index is -4.71. The molecule has 228 valence electrons. The van der Waals surface area contributed by atoms with E-state index in [0.717, 1.165) is 38.0 Å². The maximum Gasteiger partial charge on any atom is 0.450 e. The van der Waals surface area contributed by atoms with Gasteiger partial charge in [0.05, 0.1) is 22.9 Å². The molecule has 3 aromatic carbocycles. The Morgan fingerprint density at radius 2 is 1.39 bits per heavy atom. The van der Waals surface area contributed by atoms with Crippen LogP contribution in [0.4, 0.5) is 13.2 Å². The van der Waals surface area contributed by atoms with Crippen LogP contribution in [-0.4, -0.2) is 23.9 Å². The number of nitrogens with zero attached hydrogens (tertiary/aromatic N) is 5. The summed E-state index contributed by atoms with van der Waals surface area (Å²) in [7, 11) is 0. The van der Waals surface area contributed by atoms with Gasteiger partial charge in [-0.25, -0.2) is 9.97 Å². The number of benzene rings is 3. The maximum absolute atomic E-state index is 14.0. The van der Waals surface area contributed by atoms with E-state index in [9.17, 15) is 13.2 Å². The summed E-state index contributed by atoms with van der Waals surface area (Å²) in [6.45, 7) is 6.28. The third-order valence-electron chi connectivity index (χ3n) is 8.09. The first-order chi connectivity index (χ1) is 22.1. The van der Waals surface area contributed by atoms with Crippen molar-refractivity contribution in [3.63, 3.8) is 0 Å². The number of pyridine rings is 2. The van der Waals surface area contributed by atoms with E-state index in [1.807, 2.05) is 78.9 Å². The van der Waals surface area contributed by atoms with Crippen LogP contribution >= 0.6 is 0 Å². The van der Waals surface area contributed by atoms with Gasteiger partial charge in [-0.15, -0.1) is 0 Å². The second kappa shape index (κ2) is 9.93. The van der Waals surface area contributed by atoms with E-state index in [0.29, 0.717) is 17.1 Å². The van der Waals surface area contributed by atoms with Crippen LogP contribution in [0.3, 0.4) is 0 Å². The fourth-order valence-corrected chi connectivity index (χ4v) is 5.89. The molecule has 46 heavy (non-hydrogen) atoms. The SMILES string of the molecule is CC(C)(C)c1cc(Oc2nc(-c3ccccc3)cc3c2oc2cnc(C(F)(F)F)n23)nc(-n2c3ccccc3c3ccccc32)c1. The summed E-state index contributed by atoms with van der Waals surface area (Å²) in [6.07, 6.45) is -3.66. The van der Waals surface area contributed by atoms with Gasteiger partial charge in [-0.05, 0) is 35.2 Å². The molecule has 0 spiro atoms. The molecule has 5 heterocycles. The highest BCUT2D eigenvalue weighted by molar-refractivity contribution is 6.09. The first-order valence-corrected chi connectivity index (χ1v) is 14.7. The van der Waals surface area contributed by atoms with E-state index in [4.69, 9.17) is 19.1 Å². The average Bonchev–Trinajstić information content (AvgIpc) is 3.71. The molecule has 0 unspecified atom stereocenters. The van der Waals surface area contributed by atoms with Gasteiger partial charge in [-0.1, -0.05) is 87.5 Å². The lowest BCUT2D eigenvalue weighted by molar-refractivity contribution is -0.145. The van der Waals surface area contributed by atoms with Crippen LogP contribution in [0.25, 0.3) is 55.7 Å². The van der Waals surface area contributed by atoms with Crippen LogP contribution in [-0.2, 0) is 11.6 Å². The molecule has 0 fully saturated rings. The van der Waals surface area contributed by atoms with Crippen molar-refractivity contribution < 1.29 is 22.3 Å². The number of rotatable bonds is 4. The minimum Gasteiger partial charge on any atom is -0.431 e. The quantitative estimate of drug-likeness (QED) is 0.197. The van der Waals surface area contributed by atoms with Crippen LogP contribution in [0, 0.1) is 0 Å². The summed E-state index contributed by atoms with van der Waals surface area (Å²) < 4.78 is 57.4. The monoisotopic (exact) mass is 617 g/mol. The van der Waals surface area contributed by atoms with Gasteiger partial charge in [0, 0.05) is 22.4 Å². The van der Waals surface area contributed by atoms with Gasteiger partial charge in [0.25, 0.3) is 5.88 Å². The Bertz CT molecular complexity index is 2380. The Balaban J connectivity index is 1.37. The van der Waals surface area contributed by atoms with Gasteiger partial charge in [0.15, 0.2) is 0 Å². The van der Waals surface area contributed by atoms with Crippen LogP contribution < -0.4 is 4.74 Å². The molecule has 0 atom stereocenters. The second-order valence-corrected chi connectivity index (χ2v) is 12.2. The Hall–Kier alpha value is -5.64. The van der Waals surface area contributed by atoms with Gasteiger partial charge in [-0.3, -0.25) is 8.97 Å². The fourth-order valence-electron chi connectivity index (χ4n) is 5.89. The lowest BCUT2D eigenvalue weighted by Crippen LogP contribution is -2.13. The standard InChI is InChI=1S/C36H26F3N5O2/c1-35(2,3)22-17-29(43-26-15-9-7-13-23(26)24-14-8-10-16-27(24)43)42-30(18-22)45-33-32-28(19-25(41-33)21-11-5-4-6-12-21)44-31(46-32)20-40-34(44)36(37,38)39/h4-20H,1-3H3. The van der Waals surface area contributed by atoms with E-state index < -0.39 is 12.0 Å². The molecule has 0 saturated carbocycles. The molecule has 0 bridgehead atoms. The lowest BCUT2D eigenvalue weighted by atomic mass is 9.87. The van der Waals surface area contributed by atoms with Crippen molar-refractivity contribution in [1.82, 2.24) is 23.9 Å². The zero-order valence-electron chi connectivity index (χ0n) is 25.0. The molecule has 0 aliphatic carbocycles. The van der Waals surface area contributed by atoms with E-state index in [1.165, 1.54) is 0 Å². The summed E-state index contributed by atoms with van der Waals surface area (Å²) in [5.74, 6) is -0.260. The number of imidazole rings is 1. The molecule has 0 aliphatic heterocycles. The highest BCUT2D eigenvalue weighted by atomic mass is 19.4. The molecule has 8 aromatic rings. The molecular formula is C36H26F3N5O2. The number of fused-ring (bicyclic) bond motifs is 6. The van der Waals surface area contributed by atoms with Crippen molar-refractivity contribution >= 4 is 38.6 Å². The van der Waals surface area contributed by atoms with Gasteiger partial charge in [0.2, 0.25) is 23.0 Å². The summed E-state index contributed by atoms with van der Waals surface area (Å²) >= 11 is 0. The first-order valence-electron chi connectivity index (χ1n) is 14.7. The van der Waals surface area contributed by atoms with Crippen LogP contribution in [0.1, 0.15) is 32.2 Å². The van der Waals surface area contributed by atoms with Gasteiger partial charge in [-0.2, -0.15) is 18.2 Å². The summed E-state index contributed by atoms with van der Waals surface area (Å²) in [5.41, 5.74) is 3.80. The average molecular weight is 618 g/mol. The molecule has 10 heteroatoms. The van der Waals surface area contributed by atoms with Crippen molar-refractivity contribution in [2.24, 2.45) is 0 Å². The van der Waals surface area contributed by atoms with Crippen molar-refractivity contribution in [3.8, 4) is 28.8 Å². The van der Waals surface area contributed by atoms with Crippen molar-refractivity contribution in [3.05, 3.63) is 115 Å². The number of halogens is 3. The Morgan fingerprint density at radius 1 is 0.739 bits per heavy atom. The highest BCUT2D eigenvalue weighted by Crippen LogP contribution is 2.39. The van der Waals surface area contributed by atoms with E-state index in [-0.39, 0.29) is 34.0 Å². The minimum absolute atomic E-state index is 0.0140. The zero-order chi connectivity index (χ0) is 31.8. The Labute approximate surface area is 260 Å². The second-order valence-electron chi connectivity index (χ2n) is 12.2. The molecule has 7 nitrogen and oxygen atoms in total. The Morgan fingerprint density at radius 3 is 2.04 bits per heavy atom. The largest absolute Gasteiger partial charge is 0.450 e. The number of aromatic nitrogens is 5. The number of alkyl halides is 3. The number of hydrogen-bond acceptors (Lipinski definition) is 5. The molecule has 0 radical (unpaired) electrons. The van der Waals surface area contributed by atoms with Crippen molar-refractivity contribution in [1.29, 1.82) is 0 Å². The topological polar surface area (TPSA) is 70.4 Å². The predicted octanol–water partition coefficient (Wildman–Crippen LogP) is 9.74. The molecule has 8 rings (SSSR count). The summed E-state index contributed by atoms with van der Waals surface area (Å²) in [6, 6.07) is 30.8. The normalized spacial score (nSPS) is 12.6. The number of para-hydroxylation sites is 2. The number of hydrogen-bond donors (Lipinski definition) is 0. The van der Waals surface area contributed by atoms with Crippen LogP contribution in [0.2, 0.25) is 0 Å². The number of ether oxygens (including phenoxy) is 1. The van der Waals surface area contributed by atoms with Crippen molar-refractivity contribution in [2.75, 3.05) is 0 Å². The van der Waals surface area contributed by atoms with Crippen LogP contribution in [0.15, 0.2) is 108 Å². The van der Waals surface area contributed by atoms with Crippen molar-refractivity contribution in [2.45, 2.75) is 32.4 Å². The third kappa shape index (κ3) is 4.48. The first kappa shape index (κ1) is 27.9. The number of oxazole rings is 1. The predicted molar refractivity (Wildman–Crippen MR) is 171 cm³/mol. The van der Waals surface area contributed by atoms with E-state index in [2.05, 4.69) is 42.5 Å². The molecule has 0 aliphatic rings. The summed E-state index contributed by atoms with van der Waals surface area (Å²) in [5, 5.41) is 2.17.